The second kappa shape index (κ2) is 8.88. The average Bonchev–Trinajstić information content (AvgIpc) is 3.20. The molecule has 164 valence electrons. The molecule has 2 heterocycles. The number of fused-ring (bicyclic) bond motifs is 1. The van der Waals surface area contributed by atoms with Gasteiger partial charge in [0.2, 0.25) is 0 Å². The van der Waals surface area contributed by atoms with Gasteiger partial charge in [0, 0.05) is 23.3 Å². The van der Waals surface area contributed by atoms with E-state index < -0.39 is 11.5 Å². The number of aliphatic carboxylic acids is 1. The standard InChI is InChI=1S/C25H24ClN3O2S/c1-4-19-20(17-11-8-12-18(26)15(17)2)21-22(27-14-28-23(21)32-19)29-25(3,24(30)31)13-16-9-6-5-7-10-16/h5-12,14H,4,13H2,1-3H3,(H,30,31)(H,27,28,29)/t25-/m0/s1/i3D. The molecule has 0 saturated carbocycles. The second-order valence-corrected chi connectivity index (χ2v) is 9.23. The summed E-state index contributed by atoms with van der Waals surface area (Å²) in [4.78, 5) is 23.3. The Labute approximate surface area is 197 Å². The van der Waals surface area contributed by atoms with E-state index in [2.05, 4.69) is 22.2 Å². The zero-order valence-corrected chi connectivity index (χ0v) is 19.4. The van der Waals surface area contributed by atoms with Crippen LogP contribution in [0.15, 0.2) is 54.9 Å². The SMILES string of the molecule is [2H]C[C@@](Cc1ccccc1)(Nc1ncnc2sc(CC)c(-c3cccc(Cl)c3C)c12)C(=O)O. The summed E-state index contributed by atoms with van der Waals surface area (Å²) in [5.74, 6) is -0.685. The van der Waals surface area contributed by atoms with Gasteiger partial charge in [0.05, 0.1) is 5.39 Å². The number of hydrogen-bond acceptors (Lipinski definition) is 5. The first-order valence-corrected chi connectivity index (χ1v) is 11.5. The number of nitrogens with one attached hydrogen (secondary N) is 1. The number of nitrogens with zero attached hydrogens (tertiary/aromatic N) is 2. The molecule has 4 aromatic rings. The highest BCUT2D eigenvalue weighted by Crippen LogP contribution is 2.43. The largest absolute Gasteiger partial charge is 0.480 e. The van der Waals surface area contributed by atoms with Gasteiger partial charge in [-0.1, -0.05) is 61.0 Å². The molecular formula is C25H24ClN3O2S. The molecule has 7 heteroatoms. The Kier molecular flexibility index (Phi) is 5.81. The fraction of sp³-hybridized carbons (Fsp3) is 0.240. The first-order valence-electron chi connectivity index (χ1n) is 11.0. The fourth-order valence-electron chi connectivity index (χ4n) is 3.83. The van der Waals surface area contributed by atoms with Crippen LogP contribution in [0, 0.1) is 6.92 Å². The minimum atomic E-state index is -1.54. The second-order valence-electron chi connectivity index (χ2n) is 7.74. The Balaban J connectivity index is 1.91. The Morgan fingerprint density at radius 1 is 1.22 bits per heavy atom. The van der Waals surface area contributed by atoms with Gasteiger partial charge >= 0.3 is 5.97 Å². The van der Waals surface area contributed by atoms with E-state index in [4.69, 9.17) is 13.0 Å². The van der Waals surface area contributed by atoms with Crippen molar-refractivity contribution in [3.05, 3.63) is 75.9 Å². The normalized spacial score (nSPS) is 13.5. The molecule has 32 heavy (non-hydrogen) atoms. The summed E-state index contributed by atoms with van der Waals surface area (Å²) in [6.07, 6.45) is 2.37. The average molecular weight is 467 g/mol. The van der Waals surface area contributed by atoms with Gasteiger partial charge in [0.25, 0.3) is 0 Å². The van der Waals surface area contributed by atoms with E-state index >= 15 is 0 Å². The molecule has 0 fully saturated rings. The van der Waals surface area contributed by atoms with Gasteiger partial charge in [-0.3, -0.25) is 0 Å². The maximum atomic E-state index is 12.5. The number of rotatable bonds is 7. The van der Waals surface area contributed by atoms with E-state index in [0.717, 1.165) is 43.8 Å². The van der Waals surface area contributed by atoms with E-state index in [-0.39, 0.29) is 13.3 Å². The van der Waals surface area contributed by atoms with Crippen LogP contribution in [0.2, 0.25) is 5.02 Å². The highest BCUT2D eigenvalue weighted by Gasteiger charge is 2.35. The lowest BCUT2D eigenvalue weighted by atomic mass is 9.92. The molecule has 1 atom stereocenters. The smallest absolute Gasteiger partial charge is 0.329 e. The number of aromatic nitrogens is 2. The van der Waals surface area contributed by atoms with Crippen LogP contribution >= 0.6 is 22.9 Å². The summed E-state index contributed by atoms with van der Waals surface area (Å²) in [7, 11) is 0. The Morgan fingerprint density at radius 2 is 2.00 bits per heavy atom. The number of carbonyl (C=O) groups is 1. The molecular weight excluding hydrogens is 442 g/mol. The van der Waals surface area contributed by atoms with E-state index in [9.17, 15) is 9.90 Å². The fourth-order valence-corrected chi connectivity index (χ4v) is 5.10. The monoisotopic (exact) mass is 466 g/mol. The lowest BCUT2D eigenvalue weighted by Crippen LogP contribution is -2.45. The minimum Gasteiger partial charge on any atom is -0.480 e. The zero-order valence-electron chi connectivity index (χ0n) is 18.9. The van der Waals surface area contributed by atoms with Gasteiger partial charge in [-0.15, -0.1) is 11.3 Å². The summed E-state index contributed by atoms with van der Waals surface area (Å²) in [6.45, 7) is 3.69. The van der Waals surface area contributed by atoms with Crippen molar-refractivity contribution < 1.29 is 11.3 Å². The van der Waals surface area contributed by atoms with E-state index in [1.165, 1.54) is 6.33 Å². The van der Waals surface area contributed by atoms with Crippen LogP contribution in [0.1, 0.15) is 31.2 Å². The van der Waals surface area contributed by atoms with Crippen LogP contribution < -0.4 is 5.32 Å². The highest BCUT2D eigenvalue weighted by molar-refractivity contribution is 7.19. The van der Waals surface area contributed by atoms with Gasteiger partial charge in [-0.2, -0.15) is 0 Å². The molecule has 4 rings (SSSR count). The Morgan fingerprint density at radius 3 is 2.69 bits per heavy atom. The number of anilines is 1. The Hall–Kier alpha value is -2.96. The lowest BCUT2D eigenvalue weighted by molar-refractivity contribution is -0.141. The van der Waals surface area contributed by atoms with Crippen molar-refractivity contribution in [1.82, 2.24) is 9.97 Å². The van der Waals surface area contributed by atoms with Crippen molar-refractivity contribution in [3.63, 3.8) is 0 Å². The molecule has 0 amide bonds. The van der Waals surface area contributed by atoms with Crippen molar-refractivity contribution in [2.45, 2.75) is 39.1 Å². The molecule has 0 saturated heterocycles. The predicted molar refractivity (Wildman–Crippen MR) is 132 cm³/mol. The highest BCUT2D eigenvalue weighted by atomic mass is 35.5. The molecule has 2 aromatic heterocycles. The number of benzene rings is 2. The third-order valence-corrected chi connectivity index (χ3v) is 7.19. The molecule has 5 nitrogen and oxygen atoms in total. The topological polar surface area (TPSA) is 75.1 Å². The maximum absolute atomic E-state index is 12.5. The van der Waals surface area contributed by atoms with Crippen LogP contribution in [0.25, 0.3) is 21.3 Å². The van der Waals surface area contributed by atoms with Crippen molar-refractivity contribution in [3.8, 4) is 11.1 Å². The number of halogens is 1. The zero-order chi connectivity index (χ0) is 23.6. The lowest BCUT2D eigenvalue weighted by Gasteiger charge is -2.27. The van der Waals surface area contributed by atoms with E-state index in [1.54, 1.807) is 11.3 Å². The summed E-state index contributed by atoms with van der Waals surface area (Å²) < 4.78 is 8.16. The number of thiophene rings is 1. The van der Waals surface area contributed by atoms with E-state index in [0.29, 0.717) is 10.8 Å². The van der Waals surface area contributed by atoms with Crippen LogP contribution in [-0.2, 0) is 17.6 Å². The molecule has 0 spiro atoms. The van der Waals surface area contributed by atoms with Crippen LogP contribution in [-0.4, -0.2) is 26.6 Å². The summed E-state index contributed by atoms with van der Waals surface area (Å²) in [5, 5.41) is 14.8. The van der Waals surface area contributed by atoms with Gasteiger partial charge in [-0.25, -0.2) is 14.8 Å². The van der Waals surface area contributed by atoms with Crippen LogP contribution in [0.3, 0.4) is 0 Å². The van der Waals surface area contributed by atoms with Gasteiger partial charge in [0.1, 0.15) is 22.5 Å². The maximum Gasteiger partial charge on any atom is 0.329 e. The van der Waals surface area contributed by atoms with Crippen molar-refractivity contribution in [2.24, 2.45) is 0 Å². The molecule has 2 N–H and O–H groups in total. The summed E-state index contributed by atoms with van der Waals surface area (Å²) in [6, 6.07) is 15.1. The predicted octanol–water partition coefficient (Wildman–Crippen LogP) is 6.38. The van der Waals surface area contributed by atoms with Crippen LogP contribution in [0.5, 0.6) is 0 Å². The molecule has 0 aliphatic rings. The first-order chi connectivity index (χ1) is 15.9. The van der Waals surface area contributed by atoms with Crippen molar-refractivity contribution >= 4 is 44.9 Å². The molecule has 0 unspecified atom stereocenters. The molecule has 2 aromatic carbocycles. The molecule has 0 bridgehead atoms. The van der Waals surface area contributed by atoms with Gasteiger partial charge in [0.15, 0.2) is 0 Å². The third kappa shape index (κ3) is 4.08. The summed E-state index contributed by atoms with van der Waals surface area (Å²) in [5.41, 5.74) is 2.16. The Bertz CT molecular complexity index is 1310. The quantitative estimate of drug-likeness (QED) is 0.330. The van der Waals surface area contributed by atoms with Crippen LogP contribution in [0.4, 0.5) is 5.82 Å². The van der Waals surface area contributed by atoms with Crippen molar-refractivity contribution in [2.75, 3.05) is 5.32 Å². The molecule has 0 aliphatic carbocycles. The van der Waals surface area contributed by atoms with Crippen molar-refractivity contribution in [1.29, 1.82) is 0 Å². The van der Waals surface area contributed by atoms with E-state index in [1.807, 2.05) is 55.5 Å². The minimum absolute atomic E-state index is 0.147. The third-order valence-electron chi connectivity index (χ3n) is 5.54. The number of carboxylic acids is 1. The van der Waals surface area contributed by atoms with Gasteiger partial charge < -0.3 is 10.4 Å². The molecule has 0 radical (unpaired) electrons. The number of hydrogen-bond donors (Lipinski definition) is 2. The molecule has 0 aliphatic heterocycles. The number of carboxylic acid groups (broad SMARTS) is 1. The summed E-state index contributed by atoms with van der Waals surface area (Å²) >= 11 is 8.00. The first kappa shape index (κ1) is 20.9. The number of aryl methyl sites for hydroxylation is 1. The van der Waals surface area contributed by atoms with Gasteiger partial charge in [-0.05, 0) is 43.0 Å².